The molecular formula is C11H15BrZn. The Morgan fingerprint density at radius 1 is 1.23 bits per heavy atom. The van der Waals surface area contributed by atoms with Crippen LogP contribution in [0.1, 0.15) is 31.7 Å². The van der Waals surface area contributed by atoms with Crippen molar-refractivity contribution in [3.8, 4) is 0 Å². The molecule has 0 fully saturated rings. The number of hydrogen-bond acceptors (Lipinski definition) is 0. The van der Waals surface area contributed by atoms with Gasteiger partial charge >= 0.3 is 30.0 Å². The van der Waals surface area contributed by atoms with Crippen LogP contribution in [0, 0.1) is 6.07 Å². The van der Waals surface area contributed by atoms with Crippen molar-refractivity contribution in [1.29, 1.82) is 0 Å². The van der Waals surface area contributed by atoms with Gasteiger partial charge in [-0.25, -0.2) is 0 Å². The summed E-state index contributed by atoms with van der Waals surface area (Å²) in [6, 6.07) is 11.3. The molecule has 0 radical (unpaired) electrons. The molecule has 0 amide bonds. The summed E-state index contributed by atoms with van der Waals surface area (Å²) >= 11 is 4.25. The van der Waals surface area contributed by atoms with E-state index in [0.717, 1.165) is 0 Å². The molecule has 1 aromatic carbocycles. The number of benzene rings is 1. The summed E-state index contributed by atoms with van der Waals surface area (Å²) in [5, 5.41) is 0. The van der Waals surface area contributed by atoms with Crippen LogP contribution in [0.4, 0.5) is 0 Å². The molecule has 0 saturated carbocycles. The van der Waals surface area contributed by atoms with Gasteiger partial charge in [-0.05, 0) is 0 Å². The van der Waals surface area contributed by atoms with Crippen molar-refractivity contribution in [2.75, 3.05) is 0 Å². The van der Waals surface area contributed by atoms with Crippen molar-refractivity contribution < 1.29 is 16.3 Å². The maximum absolute atomic E-state index is 3.06. The van der Waals surface area contributed by atoms with Gasteiger partial charge in [0, 0.05) is 0 Å². The molecule has 0 nitrogen and oxygen atoms in total. The van der Waals surface area contributed by atoms with Gasteiger partial charge in [0.25, 0.3) is 0 Å². The van der Waals surface area contributed by atoms with Gasteiger partial charge in [-0.15, -0.1) is 0 Å². The van der Waals surface area contributed by atoms with Gasteiger partial charge in [0.1, 0.15) is 0 Å². The molecule has 68 valence electrons. The zero-order valence-electron chi connectivity index (χ0n) is 8.22. The number of rotatable bonds is 4. The maximum atomic E-state index is 3.06. The molecule has 0 N–H and O–H groups in total. The first-order valence-electron chi connectivity index (χ1n) is 4.65. The van der Waals surface area contributed by atoms with E-state index in [1.165, 1.54) is 47.6 Å². The van der Waals surface area contributed by atoms with Crippen molar-refractivity contribution in [3.05, 3.63) is 35.9 Å². The minimum absolute atomic E-state index is 1.19. The quantitative estimate of drug-likeness (QED) is 0.446. The van der Waals surface area contributed by atoms with Crippen molar-refractivity contribution in [2.24, 2.45) is 0 Å². The first-order valence-corrected chi connectivity index (χ1v) is 11.6. The second-order valence-corrected chi connectivity index (χ2v) is 2.87. The summed E-state index contributed by atoms with van der Waals surface area (Å²) in [5.74, 6) is 0. The van der Waals surface area contributed by atoms with E-state index < -0.39 is 0 Å². The fourth-order valence-corrected chi connectivity index (χ4v) is 1.17. The van der Waals surface area contributed by atoms with Crippen LogP contribution in [-0.2, 0) is 22.8 Å². The Labute approximate surface area is 98.2 Å². The van der Waals surface area contributed by atoms with Gasteiger partial charge in [0.15, 0.2) is 0 Å². The zero-order valence-corrected chi connectivity index (χ0v) is 12.8. The molecule has 0 unspecified atom stereocenters. The molecule has 0 aliphatic carbocycles. The predicted octanol–water partition coefficient (Wildman–Crippen LogP) is 4.06. The molecular weight excluding hydrogens is 277 g/mol. The van der Waals surface area contributed by atoms with E-state index >= 15 is 0 Å². The first-order chi connectivity index (χ1) is 6.43. The zero-order chi connectivity index (χ0) is 9.94. The molecule has 0 aliphatic rings. The third-order valence-electron chi connectivity index (χ3n) is 1.86. The SMILES string of the molecule is CCCCCc1cc[c-]cc1.[Zn+][Br]. The summed E-state index contributed by atoms with van der Waals surface area (Å²) in [6.45, 7) is 2.23. The molecule has 0 aromatic heterocycles. The topological polar surface area (TPSA) is 0 Å². The summed E-state index contributed by atoms with van der Waals surface area (Å²) in [4.78, 5) is 0. The van der Waals surface area contributed by atoms with Crippen LogP contribution in [0.5, 0.6) is 0 Å². The van der Waals surface area contributed by atoms with Crippen LogP contribution >= 0.6 is 13.6 Å². The van der Waals surface area contributed by atoms with E-state index in [0.29, 0.717) is 0 Å². The van der Waals surface area contributed by atoms with Crippen LogP contribution in [0.15, 0.2) is 24.3 Å². The molecule has 0 spiro atoms. The third-order valence-corrected chi connectivity index (χ3v) is 1.86. The van der Waals surface area contributed by atoms with Gasteiger partial charge in [-0.2, -0.15) is 35.9 Å². The number of unbranched alkanes of at least 4 members (excludes halogenated alkanes) is 2. The Bertz CT molecular complexity index is 187. The molecule has 0 atom stereocenters. The van der Waals surface area contributed by atoms with Crippen LogP contribution in [-0.4, -0.2) is 0 Å². The Hall–Kier alpha value is 0.323. The number of halogens is 1. The van der Waals surface area contributed by atoms with Crippen molar-refractivity contribution in [2.45, 2.75) is 32.6 Å². The molecule has 0 bridgehead atoms. The van der Waals surface area contributed by atoms with E-state index in [4.69, 9.17) is 0 Å². The van der Waals surface area contributed by atoms with Crippen LogP contribution in [0.3, 0.4) is 0 Å². The Morgan fingerprint density at radius 2 is 1.85 bits per heavy atom. The van der Waals surface area contributed by atoms with Gasteiger partial charge < -0.3 is 0 Å². The van der Waals surface area contributed by atoms with Gasteiger partial charge in [0.05, 0.1) is 0 Å². The minimum atomic E-state index is 1.19. The summed E-state index contributed by atoms with van der Waals surface area (Å²) in [6.07, 6.45) is 5.20. The van der Waals surface area contributed by atoms with Crippen LogP contribution < -0.4 is 0 Å². The second kappa shape index (κ2) is 10.4. The first kappa shape index (κ1) is 13.3. The molecule has 1 aromatic rings. The van der Waals surface area contributed by atoms with Crippen molar-refractivity contribution >= 4 is 13.6 Å². The normalized spacial score (nSPS) is 8.92. The Balaban J connectivity index is 0.000000671. The van der Waals surface area contributed by atoms with Gasteiger partial charge in [-0.3, -0.25) is 0 Å². The fraction of sp³-hybridized carbons (Fsp3) is 0.455. The second-order valence-electron chi connectivity index (χ2n) is 2.87. The number of aryl methyl sites for hydroxylation is 1. The summed E-state index contributed by atoms with van der Waals surface area (Å²) in [7, 11) is 0. The molecule has 13 heavy (non-hydrogen) atoms. The fourth-order valence-electron chi connectivity index (χ4n) is 1.17. The molecule has 2 heteroatoms. The van der Waals surface area contributed by atoms with E-state index in [-0.39, 0.29) is 0 Å². The molecule has 1 rings (SSSR count). The summed E-state index contributed by atoms with van der Waals surface area (Å²) < 4.78 is 0. The molecule has 0 aliphatic heterocycles. The average Bonchev–Trinajstić information content (AvgIpc) is 2.23. The third kappa shape index (κ3) is 7.40. The molecule has 0 saturated heterocycles. The van der Waals surface area contributed by atoms with Crippen molar-refractivity contribution in [3.63, 3.8) is 0 Å². The van der Waals surface area contributed by atoms with Gasteiger partial charge in [-0.1, -0.05) is 32.6 Å². The van der Waals surface area contributed by atoms with E-state index in [1.54, 1.807) is 0 Å². The van der Waals surface area contributed by atoms with E-state index in [2.05, 4.69) is 38.7 Å². The van der Waals surface area contributed by atoms with Crippen molar-refractivity contribution in [1.82, 2.24) is 0 Å². The van der Waals surface area contributed by atoms with Crippen LogP contribution in [0.25, 0.3) is 0 Å². The van der Waals surface area contributed by atoms with Crippen LogP contribution in [0.2, 0.25) is 0 Å². The standard InChI is InChI=1S/C11H15.BrH.Zn/c1-2-3-5-8-11-9-6-4-7-10-11;;/h6-7,9-10H,2-3,5,8H2,1H3;1H;/q-1;;+2/p-1. The summed E-state index contributed by atoms with van der Waals surface area (Å²) in [5.41, 5.74) is 1.44. The monoisotopic (exact) mass is 290 g/mol. The van der Waals surface area contributed by atoms with Gasteiger partial charge in [0.2, 0.25) is 0 Å². The van der Waals surface area contributed by atoms with E-state index in [9.17, 15) is 0 Å². The molecule has 0 heterocycles. The predicted molar refractivity (Wildman–Crippen MR) is 57.4 cm³/mol. The van der Waals surface area contributed by atoms with E-state index in [1.807, 2.05) is 12.1 Å². The average molecular weight is 293 g/mol. The Kier molecular flexibility index (Phi) is 10.7. The Morgan fingerprint density at radius 3 is 2.38 bits per heavy atom. The number of hydrogen-bond donors (Lipinski definition) is 0.